The molecule has 6 nitrogen and oxygen atoms in total. The zero-order valence-corrected chi connectivity index (χ0v) is 17.5. The van der Waals surface area contributed by atoms with Gasteiger partial charge in [-0.3, -0.25) is 0 Å². The predicted octanol–water partition coefficient (Wildman–Crippen LogP) is 3.95. The van der Waals surface area contributed by atoms with Crippen LogP contribution in [0.1, 0.15) is 51.4 Å². The fraction of sp³-hybridized carbons (Fsp3) is 0.478. The lowest BCUT2D eigenvalue weighted by molar-refractivity contribution is -0.384. The third kappa shape index (κ3) is 5.85. The Labute approximate surface area is 173 Å². The SMILES string of the molecule is CC.CC.OC(O)C1OC(c2ccccc2)OC2COC(c3ccccc3)OC21. The molecule has 0 bridgehead atoms. The van der Waals surface area contributed by atoms with Crippen LogP contribution < -0.4 is 0 Å². The molecule has 0 aliphatic carbocycles. The first-order valence-corrected chi connectivity index (χ1v) is 10.3. The molecule has 160 valence electrons. The molecule has 5 atom stereocenters. The number of fused-ring (bicyclic) bond motifs is 1. The van der Waals surface area contributed by atoms with Gasteiger partial charge in [0.1, 0.15) is 18.3 Å². The van der Waals surface area contributed by atoms with Gasteiger partial charge < -0.3 is 29.2 Å². The van der Waals surface area contributed by atoms with Crippen LogP contribution in [0.25, 0.3) is 0 Å². The number of rotatable bonds is 3. The fourth-order valence-corrected chi connectivity index (χ4v) is 3.16. The highest BCUT2D eigenvalue weighted by atomic mass is 16.8. The predicted molar refractivity (Wildman–Crippen MR) is 110 cm³/mol. The molecule has 2 N–H and O–H groups in total. The zero-order valence-electron chi connectivity index (χ0n) is 17.5. The van der Waals surface area contributed by atoms with E-state index in [0.717, 1.165) is 11.1 Å². The van der Waals surface area contributed by atoms with Crippen molar-refractivity contribution in [2.24, 2.45) is 0 Å². The van der Waals surface area contributed by atoms with Crippen LogP contribution in [-0.2, 0) is 18.9 Å². The lowest BCUT2D eigenvalue weighted by Crippen LogP contribution is -2.57. The third-order valence-electron chi connectivity index (χ3n) is 4.40. The number of hydrogen-bond acceptors (Lipinski definition) is 6. The molecule has 4 rings (SSSR count). The fourth-order valence-electron chi connectivity index (χ4n) is 3.16. The van der Waals surface area contributed by atoms with E-state index < -0.39 is 37.2 Å². The van der Waals surface area contributed by atoms with E-state index in [1.54, 1.807) is 0 Å². The highest BCUT2D eigenvalue weighted by molar-refractivity contribution is 5.18. The first-order chi connectivity index (χ1) is 14.2. The minimum Gasteiger partial charge on any atom is -0.366 e. The van der Waals surface area contributed by atoms with Gasteiger partial charge in [0.05, 0.1) is 6.61 Å². The van der Waals surface area contributed by atoms with Crippen LogP contribution in [0.5, 0.6) is 0 Å². The van der Waals surface area contributed by atoms with Gasteiger partial charge in [-0.15, -0.1) is 0 Å². The second-order valence-corrected chi connectivity index (χ2v) is 6.11. The van der Waals surface area contributed by atoms with Crippen LogP contribution >= 0.6 is 0 Å². The Balaban J connectivity index is 0.000000707. The van der Waals surface area contributed by atoms with Gasteiger partial charge in [-0.2, -0.15) is 0 Å². The Bertz CT molecular complexity index is 678. The molecule has 0 amide bonds. The van der Waals surface area contributed by atoms with Crippen molar-refractivity contribution in [3.8, 4) is 0 Å². The summed E-state index contributed by atoms with van der Waals surface area (Å²) in [5.74, 6) is 0. The molecule has 0 radical (unpaired) electrons. The average molecular weight is 405 g/mol. The Morgan fingerprint density at radius 3 is 1.76 bits per heavy atom. The van der Waals surface area contributed by atoms with Crippen molar-refractivity contribution in [3.63, 3.8) is 0 Å². The van der Waals surface area contributed by atoms with Crippen LogP contribution in [0.2, 0.25) is 0 Å². The van der Waals surface area contributed by atoms with Crippen molar-refractivity contribution in [1.29, 1.82) is 0 Å². The Hall–Kier alpha value is -1.80. The maximum absolute atomic E-state index is 9.79. The molecule has 2 aliphatic rings. The van der Waals surface area contributed by atoms with Gasteiger partial charge in [-0.25, -0.2) is 0 Å². The summed E-state index contributed by atoms with van der Waals surface area (Å²) in [4.78, 5) is 0. The van der Waals surface area contributed by atoms with Crippen LogP contribution in [-0.4, -0.2) is 41.4 Å². The molecule has 2 heterocycles. The van der Waals surface area contributed by atoms with Gasteiger partial charge in [0.25, 0.3) is 0 Å². The highest BCUT2D eigenvalue weighted by Crippen LogP contribution is 2.38. The van der Waals surface area contributed by atoms with Crippen LogP contribution in [0, 0.1) is 0 Å². The van der Waals surface area contributed by atoms with Crippen molar-refractivity contribution in [1.82, 2.24) is 0 Å². The minimum atomic E-state index is -1.68. The Morgan fingerprint density at radius 1 is 0.724 bits per heavy atom. The standard InChI is InChI=1S/C19H20O6.2C2H6/c20-17(21)16-15-14(23-19(25-16)13-9-5-2-6-10-13)11-22-18(24-15)12-7-3-1-4-8-12;2*1-2/h1-10,14-21H,11H2;2*1-2H3. The maximum atomic E-state index is 9.79. The number of hydrogen-bond donors (Lipinski definition) is 2. The largest absolute Gasteiger partial charge is 0.366 e. The van der Waals surface area contributed by atoms with E-state index in [1.807, 2.05) is 88.4 Å². The first kappa shape index (κ1) is 23.5. The van der Waals surface area contributed by atoms with Gasteiger partial charge in [0.2, 0.25) is 0 Å². The molecule has 29 heavy (non-hydrogen) atoms. The van der Waals surface area contributed by atoms with Gasteiger partial charge in [0.15, 0.2) is 18.9 Å². The van der Waals surface area contributed by atoms with E-state index in [0.29, 0.717) is 0 Å². The van der Waals surface area contributed by atoms with Crippen LogP contribution in [0.4, 0.5) is 0 Å². The molecule has 2 aliphatic heterocycles. The van der Waals surface area contributed by atoms with E-state index in [9.17, 15) is 10.2 Å². The molecule has 6 heteroatoms. The van der Waals surface area contributed by atoms with Gasteiger partial charge >= 0.3 is 0 Å². The first-order valence-electron chi connectivity index (χ1n) is 10.3. The summed E-state index contributed by atoms with van der Waals surface area (Å²) in [6.07, 6.45) is -5.00. The van der Waals surface area contributed by atoms with Gasteiger partial charge in [-0.1, -0.05) is 88.4 Å². The van der Waals surface area contributed by atoms with E-state index in [-0.39, 0.29) is 6.61 Å². The summed E-state index contributed by atoms with van der Waals surface area (Å²) in [6, 6.07) is 18.9. The monoisotopic (exact) mass is 404 g/mol. The molecule has 0 spiro atoms. The second-order valence-electron chi connectivity index (χ2n) is 6.11. The maximum Gasteiger partial charge on any atom is 0.185 e. The van der Waals surface area contributed by atoms with Gasteiger partial charge in [-0.05, 0) is 0 Å². The zero-order chi connectivity index (χ0) is 21.2. The Kier molecular flexibility index (Phi) is 9.73. The van der Waals surface area contributed by atoms with Crippen molar-refractivity contribution < 1.29 is 29.2 Å². The van der Waals surface area contributed by atoms with Crippen molar-refractivity contribution in [3.05, 3.63) is 71.8 Å². The van der Waals surface area contributed by atoms with E-state index in [2.05, 4.69) is 0 Å². The second kappa shape index (κ2) is 12.0. The van der Waals surface area contributed by atoms with Crippen molar-refractivity contribution in [2.75, 3.05) is 6.61 Å². The third-order valence-corrected chi connectivity index (χ3v) is 4.40. The number of aliphatic hydroxyl groups is 2. The summed E-state index contributed by atoms with van der Waals surface area (Å²) in [5, 5.41) is 19.6. The van der Waals surface area contributed by atoms with E-state index >= 15 is 0 Å². The molecular weight excluding hydrogens is 372 g/mol. The summed E-state index contributed by atoms with van der Waals surface area (Å²) in [7, 11) is 0. The topological polar surface area (TPSA) is 77.4 Å². The average Bonchev–Trinajstić information content (AvgIpc) is 2.81. The number of benzene rings is 2. The molecular formula is C23H32O6. The smallest absolute Gasteiger partial charge is 0.185 e. The quantitative estimate of drug-likeness (QED) is 0.755. The normalized spacial score (nSPS) is 28.3. The molecule has 0 saturated carbocycles. The molecule has 2 saturated heterocycles. The summed E-state index contributed by atoms with van der Waals surface area (Å²) < 4.78 is 23.5. The van der Waals surface area contributed by atoms with Crippen molar-refractivity contribution in [2.45, 2.75) is 64.9 Å². The molecule has 5 unspecified atom stereocenters. The van der Waals surface area contributed by atoms with Gasteiger partial charge in [0, 0.05) is 11.1 Å². The lowest BCUT2D eigenvalue weighted by atomic mass is 10.0. The molecule has 2 aromatic carbocycles. The minimum absolute atomic E-state index is 0.278. The Morgan fingerprint density at radius 2 is 1.24 bits per heavy atom. The lowest BCUT2D eigenvalue weighted by Gasteiger charge is -2.46. The van der Waals surface area contributed by atoms with Crippen LogP contribution in [0.15, 0.2) is 60.7 Å². The van der Waals surface area contributed by atoms with Crippen molar-refractivity contribution >= 4 is 0 Å². The number of aliphatic hydroxyl groups excluding tert-OH is 1. The summed E-state index contributed by atoms with van der Waals surface area (Å²) in [5.41, 5.74) is 1.66. The number of ether oxygens (including phenoxy) is 4. The molecule has 0 aromatic heterocycles. The van der Waals surface area contributed by atoms with E-state index in [4.69, 9.17) is 18.9 Å². The van der Waals surface area contributed by atoms with E-state index in [1.165, 1.54) is 0 Å². The molecule has 2 fully saturated rings. The summed E-state index contributed by atoms with van der Waals surface area (Å²) in [6.45, 7) is 8.28. The highest BCUT2D eigenvalue weighted by Gasteiger charge is 2.48. The van der Waals surface area contributed by atoms with Crippen LogP contribution in [0.3, 0.4) is 0 Å². The molecule has 2 aromatic rings. The summed E-state index contributed by atoms with van der Waals surface area (Å²) >= 11 is 0.